The van der Waals surface area contributed by atoms with Gasteiger partial charge in [-0.1, -0.05) is 0 Å². The molecule has 0 saturated carbocycles. The maximum Gasteiger partial charge on any atom is 0.324 e. The number of aliphatic hydroxyl groups excluding tert-OH is 2. The Balaban J connectivity index is 2.88. The van der Waals surface area contributed by atoms with Crippen molar-refractivity contribution >= 4 is 16.2 Å². The number of rotatable bonds is 7. The fourth-order valence-corrected chi connectivity index (χ4v) is 3.75. The largest absolute Gasteiger partial charge is 0.465 e. The van der Waals surface area contributed by atoms with Crippen LogP contribution in [0.1, 0.15) is 26.7 Å². The predicted molar refractivity (Wildman–Crippen MR) is 71.0 cm³/mol. The van der Waals surface area contributed by atoms with Crippen molar-refractivity contribution in [3.8, 4) is 0 Å². The zero-order valence-electron chi connectivity index (χ0n) is 11.7. The summed E-state index contributed by atoms with van der Waals surface area (Å²) in [5, 5.41) is 18.3. The van der Waals surface area contributed by atoms with Crippen LogP contribution >= 0.6 is 0 Å². The van der Waals surface area contributed by atoms with Crippen molar-refractivity contribution in [1.82, 2.24) is 9.03 Å². The number of hydrogen-bond acceptors (Lipinski definition) is 6. The van der Waals surface area contributed by atoms with Crippen molar-refractivity contribution in [3.63, 3.8) is 0 Å². The Morgan fingerprint density at radius 3 is 2.55 bits per heavy atom. The Morgan fingerprint density at radius 2 is 2.05 bits per heavy atom. The van der Waals surface area contributed by atoms with E-state index in [2.05, 4.69) is 4.72 Å². The van der Waals surface area contributed by atoms with Gasteiger partial charge >= 0.3 is 5.97 Å². The lowest BCUT2D eigenvalue weighted by atomic mass is 10.1. The molecule has 3 N–H and O–H groups in total. The second kappa shape index (κ2) is 6.81. The molecule has 0 aromatic carbocycles. The number of ether oxygens (including phenoxy) is 1. The molecule has 1 aliphatic rings. The van der Waals surface area contributed by atoms with E-state index in [4.69, 9.17) is 14.9 Å². The molecule has 20 heavy (non-hydrogen) atoms. The number of nitrogens with one attached hydrogen (secondary N) is 1. The van der Waals surface area contributed by atoms with Gasteiger partial charge in [0.25, 0.3) is 10.2 Å². The van der Waals surface area contributed by atoms with Gasteiger partial charge < -0.3 is 14.9 Å². The lowest BCUT2D eigenvalue weighted by Gasteiger charge is -2.30. The van der Waals surface area contributed by atoms with Gasteiger partial charge in [0, 0.05) is 6.54 Å². The zero-order chi connectivity index (χ0) is 15.4. The number of hydrogen-bond donors (Lipinski definition) is 3. The highest BCUT2D eigenvalue weighted by molar-refractivity contribution is 7.87. The summed E-state index contributed by atoms with van der Waals surface area (Å²) >= 11 is 0. The number of carbonyl (C=O) groups is 1. The fourth-order valence-electron chi connectivity index (χ4n) is 1.99. The van der Waals surface area contributed by atoms with Crippen molar-refractivity contribution in [2.45, 2.75) is 38.3 Å². The average molecular weight is 310 g/mol. The first-order valence-electron chi connectivity index (χ1n) is 6.48. The zero-order valence-corrected chi connectivity index (χ0v) is 12.5. The van der Waals surface area contributed by atoms with Crippen LogP contribution in [0.4, 0.5) is 0 Å². The van der Waals surface area contributed by atoms with Crippen molar-refractivity contribution in [2.24, 2.45) is 0 Å². The molecule has 0 spiro atoms. The molecule has 1 atom stereocenters. The van der Waals surface area contributed by atoms with Crippen LogP contribution in [0.15, 0.2) is 0 Å². The maximum absolute atomic E-state index is 12.3. The molecule has 8 nitrogen and oxygen atoms in total. The Labute approximate surface area is 118 Å². The second-order valence-electron chi connectivity index (χ2n) is 5.00. The Kier molecular flexibility index (Phi) is 5.90. The molecule has 1 rings (SSSR count). The van der Waals surface area contributed by atoms with Crippen LogP contribution in [0.2, 0.25) is 0 Å². The van der Waals surface area contributed by atoms with Crippen LogP contribution in [-0.4, -0.2) is 66.9 Å². The van der Waals surface area contributed by atoms with Gasteiger partial charge in [0.1, 0.15) is 6.04 Å². The number of aliphatic hydroxyl groups is 2. The summed E-state index contributed by atoms with van der Waals surface area (Å²) < 4.78 is 32.7. The van der Waals surface area contributed by atoms with Gasteiger partial charge in [0.2, 0.25) is 0 Å². The monoisotopic (exact) mass is 310 g/mol. The SMILES string of the molecule is CCOC(=O)C1CCCN1S(=O)(=O)NC(C)(CO)CO. The first kappa shape index (κ1) is 17.3. The van der Waals surface area contributed by atoms with Gasteiger partial charge in [-0.15, -0.1) is 0 Å². The molecule has 0 amide bonds. The molecule has 9 heteroatoms. The van der Waals surface area contributed by atoms with E-state index < -0.39 is 41.0 Å². The van der Waals surface area contributed by atoms with E-state index in [0.717, 1.165) is 4.31 Å². The minimum Gasteiger partial charge on any atom is -0.465 e. The molecule has 0 aliphatic carbocycles. The van der Waals surface area contributed by atoms with Gasteiger partial charge in [-0.3, -0.25) is 4.79 Å². The summed E-state index contributed by atoms with van der Waals surface area (Å²) in [5.74, 6) is -0.579. The van der Waals surface area contributed by atoms with Crippen LogP contribution in [0.25, 0.3) is 0 Å². The molecule has 1 unspecified atom stereocenters. The van der Waals surface area contributed by atoms with Crippen molar-refractivity contribution in [1.29, 1.82) is 0 Å². The summed E-state index contributed by atoms with van der Waals surface area (Å²) in [6.07, 6.45) is 0.952. The second-order valence-corrected chi connectivity index (χ2v) is 6.63. The lowest BCUT2D eigenvalue weighted by molar-refractivity contribution is -0.146. The molecule has 1 saturated heterocycles. The molecular formula is C11H22N2O6S. The molecule has 0 radical (unpaired) electrons. The van der Waals surface area contributed by atoms with E-state index in [0.29, 0.717) is 12.8 Å². The van der Waals surface area contributed by atoms with E-state index in [1.165, 1.54) is 6.92 Å². The maximum atomic E-state index is 12.3. The van der Waals surface area contributed by atoms with E-state index in [-0.39, 0.29) is 13.2 Å². The topological polar surface area (TPSA) is 116 Å². The smallest absolute Gasteiger partial charge is 0.324 e. The summed E-state index contributed by atoms with van der Waals surface area (Å²) in [7, 11) is -3.99. The van der Waals surface area contributed by atoms with E-state index >= 15 is 0 Å². The van der Waals surface area contributed by atoms with E-state index in [1.807, 2.05) is 0 Å². The van der Waals surface area contributed by atoms with Crippen LogP contribution in [0.3, 0.4) is 0 Å². The third-order valence-corrected chi connectivity index (χ3v) is 4.95. The van der Waals surface area contributed by atoms with Crippen LogP contribution < -0.4 is 4.72 Å². The van der Waals surface area contributed by atoms with E-state index in [1.54, 1.807) is 6.92 Å². The quantitative estimate of drug-likeness (QED) is 0.498. The predicted octanol–water partition coefficient (Wildman–Crippen LogP) is -1.41. The average Bonchev–Trinajstić information content (AvgIpc) is 2.88. The van der Waals surface area contributed by atoms with Crippen LogP contribution in [0.5, 0.6) is 0 Å². The standard InChI is InChI=1S/C11H22N2O6S/c1-3-19-10(16)9-5-4-6-13(9)20(17,18)12-11(2,7-14)8-15/h9,12,14-15H,3-8H2,1-2H3. The van der Waals surface area contributed by atoms with Gasteiger partial charge in [-0.2, -0.15) is 17.4 Å². The van der Waals surface area contributed by atoms with Crippen molar-refractivity contribution < 1.29 is 28.2 Å². The molecular weight excluding hydrogens is 288 g/mol. The fraction of sp³-hybridized carbons (Fsp3) is 0.909. The summed E-state index contributed by atoms with van der Waals surface area (Å²) in [5.41, 5.74) is -1.37. The number of nitrogens with zero attached hydrogens (tertiary/aromatic N) is 1. The van der Waals surface area contributed by atoms with Gasteiger partial charge in [-0.05, 0) is 26.7 Å². The lowest BCUT2D eigenvalue weighted by Crippen LogP contribution is -2.57. The summed E-state index contributed by atoms with van der Waals surface area (Å²) in [4.78, 5) is 11.8. The van der Waals surface area contributed by atoms with Gasteiger partial charge in [-0.25, -0.2) is 0 Å². The summed E-state index contributed by atoms with van der Waals surface area (Å²) in [6, 6.07) is -0.853. The number of esters is 1. The third kappa shape index (κ3) is 3.89. The van der Waals surface area contributed by atoms with Crippen LogP contribution in [-0.2, 0) is 19.7 Å². The summed E-state index contributed by atoms with van der Waals surface area (Å²) in [6.45, 7) is 2.30. The third-order valence-electron chi connectivity index (χ3n) is 3.14. The molecule has 0 aromatic heterocycles. The minimum absolute atomic E-state index is 0.182. The highest BCUT2D eigenvalue weighted by Gasteiger charge is 2.42. The molecule has 118 valence electrons. The molecule has 1 aliphatic heterocycles. The van der Waals surface area contributed by atoms with E-state index in [9.17, 15) is 13.2 Å². The Hall–Kier alpha value is -0.740. The molecule has 1 fully saturated rings. The first-order valence-corrected chi connectivity index (χ1v) is 7.93. The molecule has 1 heterocycles. The molecule has 0 aromatic rings. The highest BCUT2D eigenvalue weighted by atomic mass is 32.2. The first-order chi connectivity index (χ1) is 9.29. The molecule has 0 bridgehead atoms. The van der Waals surface area contributed by atoms with Crippen molar-refractivity contribution in [2.75, 3.05) is 26.4 Å². The minimum atomic E-state index is -3.99. The van der Waals surface area contributed by atoms with Gasteiger partial charge in [0.15, 0.2) is 0 Å². The Morgan fingerprint density at radius 1 is 1.45 bits per heavy atom. The van der Waals surface area contributed by atoms with Gasteiger partial charge in [0.05, 0.1) is 25.4 Å². The van der Waals surface area contributed by atoms with Crippen molar-refractivity contribution in [3.05, 3.63) is 0 Å². The van der Waals surface area contributed by atoms with Crippen LogP contribution in [0, 0.1) is 0 Å². The number of carbonyl (C=O) groups excluding carboxylic acids is 1. The normalized spacial score (nSPS) is 21.1. The Bertz CT molecular complexity index is 434. The highest BCUT2D eigenvalue weighted by Crippen LogP contribution is 2.22.